The Hall–Kier alpha value is -1.70. The van der Waals surface area contributed by atoms with E-state index in [9.17, 15) is 0 Å². The van der Waals surface area contributed by atoms with E-state index in [1.807, 2.05) is 0 Å². The number of anilines is 1. The average Bonchev–Trinajstić information content (AvgIpc) is 3.06. The Labute approximate surface area is 149 Å². The molecule has 3 heterocycles. The molecule has 0 aliphatic carbocycles. The molecular formula is C17H18N4OS2. The van der Waals surface area contributed by atoms with Crippen molar-refractivity contribution in [3.05, 3.63) is 41.7 Å². The second kappa shape index (κ2) is 7.04. The van der Waals surface area contributed by atoms with Crippen LogP contribution in [0.15, 0.2) is 35.6 Å². The summed E-state index contributed by atoms with van der Waals surface area (Å²) in [4.78, 5) is 15.8. The molecule has 4 rings (SSSR count). The molecular weight excluding hydrogens is 340 g/mol. The lowest BCUT2D eigenvalue weighted by atomic mass is 10.2. The van der Waals surface area contributed by atoms with Gasteiger partial charge >= 0.3 is 0 Å². The molecule has 0 bridgehead atoms. The van der Waals surface area contributed by atoms with Crippen molar-refractivity contribution in [3.8, 4) is 0 Å². The Balaban J connectivity index is 1.57. The fourth-order valence-electron chi connectivity index (χ4n) is 2.67. The van der Waals surface area contributed by atoms with Crippen LogP contribution in [0.25, 0.3) is 10.3 Å². The quantitative estimate of drug-likeness (QED) is 0.525. The van der Waals surface area contributed by atoms with Crippen LogP contribution in [0, 0.1) is 6.92 Å². The van der Waals surface area contributed by atoms with Gasteiger partial charge in [0.05, 0.1) is 13.2 Å². The number of ether oxygens (including phenoxy) is 1. The highest BCUT2D eigenvalue weighted by molar-refractivity contribution is 7.98. The monoisotopic (exact) mass is 358 g/mol. The van der Waals surface area contributed by atoms with Crippen LogP contribution in [0.2, 0.25) is 0 Å². The van der Waals surface area contributed by atoms with Gasteiger partial charge in [-0.3, -0.25) is 0 Å². The summed E-state index contributed by atoms with van der Waals surface area (Å²) in [5.41, 5.74) is 3.39. The van der Waals surface area contributed by atoms with Gasteiger partial charge in [-0.25, -0.2) is 9.97 Å². The van der Waals surface area contributed by atoms with E-state index in [1.165, 1.54) is 11.1 Å². The molecule has 5 nitrogen and oxygen atoms in total. The van der Waals surface area contributed by atoms with Crippen LogP contribution in [-0.2, 0) is 10.5 Å². The lowest BCUT2D eigenvalue weighted by Gasteiger charge is -2.25. The van der Waals surface area contributed by atoms with Crippen LogP contribution in [0.4, 0.5) is 5.13 Å². The number of thiazole rings is 1. The third-order valence-corrected chi connectivity index (χ3v) is 6.19. The van der Waals surface area contributed by atoms with Crippen LogP contribution in [-0.4, -0.2) is 41.3 Å². The van der Waals surface area contributed by atoms with E-state index in [2.05, 4.69) is 46.1 Å². The van der Waals surface area contributed by atoms with E-state index in [1.54, 1.807) is 29.4 Å². The maximum Gasteiger partial charge on any atom is 0.188 e. The van der Waals surface area contributed by atoms with Crippen LogP contribution < -0.4 is 4.90 Å². The average molecular weight is 358 g/mol. The SMILES string of the molecule is Cc1cccc(CSc2ncnc3nc(N4CCOCC4)sc23)c1. The van der Waals surface area contributed by atoms with Crippen molar-refractivity contribution < 1.29 is 4.74 Å². The Morgan fingerprint density at radius 3 is 2.96 bits per heavy atom. The van der Waals surface area contributed by atoms with Crippen LogP contribution in [0.5, 0.6) is 0 Å². The van der Waals surface area contributed by atoms with Gasteiger partial charge in [0.1, 0.15) is 16.1 Å². The van der Waals surface area contributed by atoms with Gasteiger partial charge in [-0.05, 0) is 12.5 Å². The molecule has 0 radical (unpaired) electrons. The summed E-state index contributed by atoms with van der Waals surface area (Å²) in [7, 11) is 0. The van der Waals surface area contributed by atoms with Crippen molar-refractivity contribution in [2.45, 2.75) is 17.7 Å². The molecule has 124 valence electrons. The number of morpholine rings is 1. The highest BCUT2D eigenvalue weighted by Gasteiger charge is 2.18. The van der Waals surface area contributed by atoms with Crippen molar-refractivity contribution in [1.29, 1.82) is 0 Å². The van der Waals surface area contributed by atoms with Crippen molar-refractivity contribution in [1.82, 2.24) is 15.0 Å². The van der Waals surface area contributed by atoms with Gasteiger partial charge in [0.25, 0.3) is 0 Å². The van der Waals surface area contributed by atoms with Crippen molar-refractivity contribution >= 4 is 38.6 Å². The summed E-state index contributed by atoms with van der Waals surface area (Å²) >= 11 is 3.43. The molecule has 1 saturated heterocycles. The predicted octanol–water partition coefficient (Wildman–Crippen LogP) is 3.52. The van der Waals surface area contributed by atoms with Crippen molar-refractivity contribution in [2.75, 3.05) is 31.2 Å². The van der Waals surface area contributed by atoms with Crippen molar-refractivity contribution in [3.63, 3.8) is 0 Å². The number of nitrogens with zero attached hydrogens (tertiary/aromatic N) is 4. The summed E-state index contributed by atoms with van der Waals surface area (Å²) in [6.45, 7) is 5.42. The van der Waals surface area contributed by atoms with Crippen LogP contribution in [0.1, 0.15) is 11.1 Å². The number of fused-ring (bicyclic) bond motifs is 1. The van der Waals surface area contributed by atoms with E-state index in [0.29, 0.717) is 0 Å². The van der Waals surface area contributed by atoms with Crippen LogP contribution >= 0.6 is 23.1 Å². The van der Waals surface area contributed by atoms with Gasteiger partial charge < -0.3 is 9.64 Å². The number of aromatic nitrogens is 3. The van der Waals surface area contributed by atoms with Gasteiger partial charge in [-0.2, -0.15) is 4.98 Å². The topological polar surface area (TPSA) is 51.1 Å². The van der Waals surface area contributed by atoms with Gasteiger partial charge in [0.2, 0.25) is 0 Å². The first-order valence-electron chi connectivity index (χ1n) is 7.92. The van der Waals surface area contributed by atoms with Gasteiger partial charge in [-0.1, -0.05) is 41.2 Å². The first kappa shape index (κ1) is 15.8. The summed E-state index contributed by atoms with van der Waals surface area (Å²) in [6.07, 6.45) is 1.61. The third kappa shape index (κ3) is 3.38. The second-order valence-electron chi connectivity index (χ2n) is 5.71. The van der Waals surface area contributed by atoms with Crippen LogP contribution in [0.3, 0.4) is 0 Å². The first-order valence-corrected chi connectivity index (χ1v) is 9.72. The van der Waals surface area contributed by atoms with Gasteiger partial charge in [0.15, 0.2) is 10.8 Å². The Kier molecular flexibility index (Phi) is 4.64. The Morgan fingerprint density at radius 1 is 1.25 bits per heavy atom. The fraction of sp³-hybridized carbons (Fsp3) is 0.353. The highest BCUT2D eigenvalue weighted by atomic mass is 32.2. The molecule has 3 aromatic rings. The number of hydrogen-bond donors (Lipinski definition) is 0. The molecule has 0 atom stereocenters. The van der Waals surface area contributed by atoms with E-state index in [4.69, 9.17) is 9.72 Å². The normalized spacial score (nSPS) is 15.1. The lowest BCUT2D eigenvalue weighted by Crippen LogP contribution is -2.36. The standard InChI is InChI=1S/C17H18N4OS2/c1-12-3-2-4-13(9-12)10-23-16-14-15(18-11-19-16)20-17(24-14)21-5-7-22-8-6-21/h2-4,9,11H,5-8,10H2,1H3. The molecule has 24 heavy (non-hydrogen) atoms. The third-order valence-electron chi connectivity index (χ3n) is 3.89. The summed E-state index contributed by atoms with van der Waals surface area (Å²) < 4.78 is 6.50. The number of benzene rings is 1. The smallest absolute Gasteiger partial charge is 0.188 e. The minimum Gasteiger partial charge on any atom is -0.378 e. The molecule has 0 amide bonds. The molecule has 0 N–H and O–H groups in total. The zero-order chi connectivity index (χ0) is 16.4. The zero-order valence-corrected chi connectivity index (χ0v) is 15.1. The summed E-state index contributed by atoms with van der Waals surface area (Å²) in [6, 6.07) is 8.60. The molecule has 0 spiro atoms. The van der Waals surface area contributed by atoms with E-state index < -0.39 is 0 Å². The predicted molar refractivity (Wildman–Crippen MR) is 99.0 cm³/mol. The lowest BCUT2D eigenvalue weighted by molar-refractivity contribution is 0.122. The summed E-state index contributed by atoms with van der Waals surface area (Å²) in [5.74, 6) is 0.901. The maximum absolute atomic E-state index is 5.42. The first-order chi connectivity index (χ1) is 11.8. The fourth-order valence-corrected chi connectivity index (χ4v) is 4.75. The highest BCUT2D eigenvalue weighted by Crippen LogP contribution is 2.35. The Bertz CT molecular complexity index is 845. The maximum atomic E-state index is 5.42. The minimum atomic E-state index is 0.760. The molecule has 1 fully saturated rings. The van der Waals surface area contributed by atoms with Crippen molar-refractivity contribution in [2.24, 2.45) is 0 Å². The molecule has 0 unspecified atom stereocenters. The molecule has 1 aliphatic heterocycles. The molecule has 1 aliphatic rings. The zero-order valence-electron chi connectivity index (χ0n) is 13.4. The number of thioether (sulfide) groups is 1. The molecule has 7 heteroatoms. The second-order valence-corrected chi connectivity index (χ2v) is 7.65. The number of rotatable bonds is 4. The summed E-state index contributed by atoms with van der Waals surface area (Å²) in [5, 5.41) is 2.03. The molecule has 1 aromatic carbocycles. The van der Waals surface area contributed by atoms with Gasteiger partial charge in [0, 0.05) is 18.8 Å². The molecule has 0 saturated carbocycles. The number of aryl methyl sites for hydroxylation is 1. The Morgan fingerprint density at radius 2 is 2.12 bits per heavy atom. The molecule has 2 aromatic heterocycles. The minimum absolute atomic E-state index is 0.760. The van der Waals surface area contributed by atoms with E-state index in [0.717, 1.165) is 52.6 Å². The largest absolute Gasteiger partial charge is 0.378 e. The number of hydrogen-bond acceptors (Lipinski definition) is 7. The van der Waals surface area contributed by atoms with E-state index >= 15 is 0 Å². The van der Waals surface area contributed by atoms with Gasteiger partial charge in [-0.15, -0.1) is 11.8 Å². The van der Waals surface area contributed by atoms with E-state index in [-0.39, 0.29) is 0 Å².